The SMILES string of the molecule is CC[C@H](C)[C@@H]1NC(=O)[C@H](CCCN=C(N)N)NC(=O)C(CCCN=C(N)N)NC(=O)[C@@H](NC(=O)[C@H](Cc2ccccc2)NC(=O)CNC(=O)CNC(=O)[C@@H](N)Cc2ccc(O)cc2)CSSC[C@@H](C(=O)N[C@@H](CCCCN)C(N)=O)NC(=O)C(CCCN=C(N)N)NC1=O. The molecule has 34 nitrogen and oxygen atoms in total. The summed E-state index contributed by atoms with van der Waals surface area (Å²) in [5.41, 5.74) is 52.2. The number of nitrogens with two attached hydrogens (primary N) is 9. The molecule has 1 fully saturated rings. The quantitative estimate of drug-likeness (QED) is 0.0137. The van der Waals surface area contributed by atoms with E-state index >= 15 is 0 Å². The molecule has 0 spiro atoms. The monoisotopic (exact) mass is 1350 g/mol. The Bertz CT molecular complexity index is 2920. The molecule has 1 saturated heterocycles. The van der Waals surface area contributed by atoms with Crippen LogP contribution in [0, 0.1) is 5.92 Å². The summed E-state index contributed by atoms with van der Waals surface area (Å²) in [5, 5.41) is 35.8. The van der Waals surface area contributed by atoms with Gasteiger partial charge in [0, 0.05) is 37.6 Å². The predicted molar refractivity (Wildman–Crippen MR) is 358 cm³/mol. The number of hydrogen-bond donors (Lipinski definition) is 20. The zero-order chi connectivity index (χ0) is 69.7. The van der Waals surface area contributed by atoms with E-state index in [1.807, 2.05) is 0 Å². The smallest absolute Gasteiger partial charge is 0.244 e. The first-order valence-corrected chi connectivity index (χ1v) is 33.1. The van der Waals surface area contributed by atoms with Gasteiger partial charge in [-0.2, -0.15) is 0 Å². The summed E-state index contributed by atoms with van der Waals surface area (Å²) in [5.74, 6) is -11.4. The van der Waals surface area contributed by atoms with Gasteiger partial charge in [-0.1, -0.05) is 84.3 Å². The summed E-state index contributed by atoms with van der Waals surface area (Å²) in [6.45, 7) is 2.44. The molecule has 36 heteroatoms. The van der Waals surface area contributed by atoms with Gasteiger partial charge in [-0.3, -0.25) is 67.7 Å². The van der Waals surface area contributed by atoms with Crippen LogP contribution >= 0.6 is 21.6 Å². The lowest BCUT2D eigenvalue weighted by atomic mass is 9.96. The van der Waals surface area contributed by atoms with Crippen molar-refractivity contribution < 1.29 is 57.8 Å². The molecule has 1 aliphatic rings. The molecule has 0 radical (unpaired) electrons. The fourth-order valence-electron chi connectivity index (χ4n) is 9.10. The maximum atomic E-state index is 14.9. The predicted octanol–water partition coefficient (Wildman–Crippen LogP) is -6.17. The minimum atomic E-state index is -1.59. The first kappa shape index (κ1) is 79.1. The lowest BCUT2D eigenvalue weighted by Gasteiger charge is -2.30. The van der Waals surface area contributed by atoms with E-state index in [4.69, 9.17) is 51.6 Å². The van der Waals surface area contributed by atoms with Crippen LogP contribution in [0.3, 0.4) is 0 Å². The molecule has 94 heavy (non-hydrogen) atoms. The van der Waals surface area contributed by atoms with Gasteiger partial charge in [0.15, 0.2) is 17.9 Å². The van der Waals surface area contributed by atoms with Gasteiger partial charge >= 0.3 is 0 Å². The van der Waals surface area contributed by atoms with E-state index in [1.165, 1.54) is 12.1 Å². The average molecular weight is 1360 g/mol. The van der Waals surface area contributed by atoms with Crippen molar-refractivity contribution in [1.82, 2.24) is 53.2 Å². The molecule has 0 bridgehead atoms. The molecule has 11 amide bonds. The second kappa shape index (κ2) is 42.9. The van der Waals surface area contributed by atoms with E-state index in [0.717, 1.165) is 21.6 Å². The summed E-state index contributed by atoms with van der Waals surface area (Å²) in [7, 11) is 1.86. The van der Waals surface area contributed by atoms with Gasteiger partial charge in [-0.05, 0) is 99.9 Å². The number of nitrogens with one attached hydrogen (secondary N) is 10. The van der Waals surface area contributed by atoms with E-state index in [9.17, 15) is 57.8 Å². The number of primary amides is 1. The normalized spacial score (nSPS) is 19.6. The fourth-order valence-corrected chi connectivity index (χ4v) is 11.4. The number of aromatic hydroxyl groups is 1. The molecule has 2 unspecified atom stereocenters. The highest BCUT2D eigenvalue weighted by atomic mass is 33.1. The summed E-state index contributed by atoms with van der Waals surface area (Å²) >= 11 is 0. The number of rotatable bonds is 33. The Balaban J connectivity index is 2.16. The Morgan fingerprint density at radius 3 is 1.64 bits per heavy atom. The topological polar surface area (TPSA) is 600 Å². The number of unbranched alkanes of at least 4 members (excludes halogenated alkanes) is 1. The van der Waals surface area contributed by atoms with Crippen molar-refractivity contribution in [3.63, 3.8) is 0 Å². The molecule has 520 valence electrons. The second-order valence-electron chi connectivity index (χ2n) is 22.1. The molecule has 2 aromatic rings. The third-order valence-electron chi connectivity index (χ3n) is 14.5. The molecule has 1 aliphatic heterocycles. The number of phenolic OH excluding ortho intramolecular Hbond substituents is 1. The van der Waals surface area contributed by atoms with Gasteiger partial charge in [0.05, 0.1) is 19.1 Å². The number of hydrogen-bond acceptors (Lipinski definition) is 19. The van der Waals surface area contributed by atoms with Crippen molar-refractivity contribution in [2.45, 2.75) is 145 Å². The Morgan fingerprint density at radius 1 is 0.585 bits per heavy atom. The van der Waals surface area contributed by atoms with Crippen LogP contribution in [0.1, 0.15) is 89.2 Å². The van der Waals surface area contributed by atoms with Crippen molar-refractivity contribution in [3.05, 3.63) is 65.7 Å². The minimum Gasteiger partial charge on any atom is -0.508 e. The largest absolute Gasteiger partial charge is 0.508 e. The van der Waals surface area contributed by atoms with Gasteiger partial charge < -0.3 is 110 Å². The molecule has 3 rings (SSSR count). The Kier molecular flexibility index (Phi) is 36.1. The average Bonchev–Trinajstić information content (AvgIpc) is 1.02. The third kappa shape index (κ3) is 31.0. The summed E-state index contributed by atoms with van der Waals surface area (Å²) in [6.07, 6.45) is 1.10. The number of guanidine groups is 3. The number of nitrogens with zero attached hydrogens (tertiary/aromatic N) is 3. The van der Waals surface area contributed by atoms with Gasteiger partial charge in [0.1, 0.15) is 54.1 Å². The molecule has 0 aliphatic carbocycles. The molecule has 0 saturated carbocycles. The summed E-state index contributed by atoms with van der Waals surface area (Å²) < 4.78 is 0. The van der Waals surface area contributed by atoms with E-state index in [1.54, 1.807) is 56.3 Å². The van der Waals surface area contributed by atoms with Crippen LogP contribution in [-0.4, -0.2) is 193 Å². The van der Waals surface area contributed by atoms with Crippen molar-refractivity contribution >= 4 is 104 Å². The van der Waals surface area contributed by atoms with Crippen LogP contribution in [0.15, 0.2) is 69.6 Å². The van der Waals surface area contributed by atoms with Crippen LogP contribution in [0.5, 0.6) is 5.75 Å². The van der Waals surface area contributed by atoms with Gasteiger partial charge in [0.25, 0.3) is 0 Å². The van der Waals surface area contributed by atoms with E-state index in [2.05, 4.69) is 68.1 Å². The van der Waals surface area contributed by atoms with Crippen LogP contribution in [0.25, 0.3) is 0 Å². The molecular formula is C58H94N22O12S2. The standard InChI is InChI=1S/C58H94N22O12S2/c1-3-32(2)46-55(92)77-39(16-10-24-69-57(64)65)50(87)78-42(53(90)74-37(47(61)84)14-7-8-22-59)30-93-94-31-43(54(91)76-38(15-9-23-68-56(62)63)49(86)75-40(51(88)80-46)17-11-25-70-58(66)67)79-52(89)41(27-33-12-5-4-6-13-33)73-45(83)29-71-44(82)28-72-48(85)36(60)26-34-18-20-35(81)21-19-34/h4-6,12-13,18-21,32,36-43,46,81H,3,7-11,14-17,22-31,59-60H2,1-2H3,(H2,61,84)(H,71,82)(H,72,85)(H,73,83)(H,74,90)(H,75,86)(H,76,91)(H,77,92)(H,78,87)(H,79,89)(H,80,88)(H4,62,63,68)(H4,64,65,69)(H4,66,67,70)/t32-,36-,37-,38?,39?,40-,41-,42-,43-,46-/m0/s1. The second-order valence-corrected chi connectivity index (χ2v) is 24.7. The maximum absolute atomic E-state index is 14.9. The molecule has 1 heterocycles. The number of carbonyl (C=O) groups excluding carboxylic acids is 11. The van der Waals surface area contributed by atoms with Gasteiger partial charge in [0.2, 0.25) is 65.0 Å². The maximum Gasteiger partial charge on any atom is 0.244 e. The van der Waals surface area contributed by atoms with E-state index in [-0.39, 0.29) is 119 Å². The number of benzene rings is 2. The van der Waals surface area contributed by atoms with Crippen molar-refractivity contribution in [1.29, 1.82) is 0 Å². The zero-order valence-electron chi connectivity index (χ0n) is 52.9. The van der Waals surface area contributed by atoms with Crippen LogP contribution in [-0.2, 0) is 65.6 Å². The summed E-state index contributed by atoms with van der Waals surface area (Å²) in [6, 6.07) is 1.96. The van der Waals surface area contributed by atoms with Crippen LogP contribution < -0.4 is 105 Å². The molecule has 2 aromatic carbocycles. The number of aliphatic imine (C=N–C) groups is 3. The first-order chi connectivity index (χ1) is 44.7. The number of amides is 11. The van der Waals surface area contributed by atoms with Crippen LogP contribution in [0.2, 0.25) is 0 Å². The summed E-state index contributed by atoms with van der Waals surface area (Å²) in [4.78, 5) is 166. The number of phenols is 1. The highest BCUT2D eigenvalue weighted by Gasteiger charge is 2.37. The first-order valence-electron chi connectivity index (χ1n) is 30.6. The van der Waals surface area contributed by atoms with Crippen molar-refractivity contribution in [3.8, 4) is 5.75 Å². The highest BCUT2D eigenvalue weighted by molar-refractivity contribution is 8.76. The zero-order valence-corrected chi connectivity index (χ0v) is 54.5. The van der Waals surface area contributed by atoms with E-state index < -0.39 is 138 Å². The molecular weight excluding hydrogens is 1260 g/mol. The lowest BCUT2D eigenvalue weighted by molar-refractivity contribution is -0.136. The van der Waals surface area contributed by atoms with Gasteiger partial charge in [-0.25, -0.2) is 0 Å². The lowest BCUT2D eigenvalue weighted by Crippen LogP contribution is -2.61. The highest BCUT2D eigenvalue weighted by Crippen LogP contribution is 2.24. The third-order valence-corrected chi connectivity index (χ3v) is 16.9. The Morgan fingerprint density at radius 2 is 1.10 bits per heavy atom. The fraction of sp³-hybridized carbons (Fsp3) is 0.552. The Hall–Kier alpha value is -9.16. The molecule has 10 atom stereocenters. The van der Waals surface area contributed by atoms with Crippen molar-refractivity contribution in [2.24, 2.45) is 72.5 Å². The molecule has 29 N–H and O–H groups in total. The van der Waals surface area contributed by atoms with Crippen LogP contribution in [0.4, 0.5) is 0 Å². The minimum absolute atomic E-state index is 0.000300. The number of carbonyl (C=O) groups is 11. The van der Waals surface area contributed by atoms with E-state index in [0.29, 0.717) is 30.4 Å². The van der Waals surface area contributed by atoms with Gasteiger partial charge in [-0.15, -0.1) is 0 Å². The Labute approximate surface area is 553 Å². The molecule has 0 aromatic heterocycles. The van der Waals surface area contributed by atoms with Crippen molar-refractivity contribution in [2.75, 3.05) is 50.8 Å².